The van der Waals surface area contributed by atoms with Gasteiger partial charge in [-0.1, -0.05) is 67.6 Å². The minimum atomic E-state index is -5.12. The number of hydrogen-bond acceptors (Lipinski definition) is 2. The van der Waals surface area contributed by atoms with Gasteiger partial charge in [-0.15, -0.1) is 0 Å². The zero-order chi connectivity index (χ0) is 29.0. The van der Waals surface area contributed by atoms with E-state index >= 15 is 0 Å². The van der Waals surface area contributed by atoms with Gasteiger partial charge in [0.15, 0.2) is 0 Å². The van der Waals surface area contributed by atoms with E-state index in [9.17, 15) is 41.0 Å². The number of carbonyl (C=O) groups is 2. The van der Waals surface area contributed by atoms with Crippen LogP contribution in [0.2, 0.25) is 0 Å². The third kappa shape index (κ3) is 7.19. The monoisotopic (exact) mass is 551 g/mol. The molecule has 0 aliphatic heterocycles. The Labute approximate surface area is 221 Å². The van der Waals surface area contributed by atoms with Crippen molar-refractivity contribution in [1.82, 2.24) is 4.90 Å². The van der Waals surface area contributed by atoms with Gasteiger partial charge in [0.1, 0.15) is 0 Å². The zero-order valence-corrected chi connectivity index (χ0v) is 21.1. The Morgan fingerprint density at radius 2 is 1.23 bits per heavy atom. The van der Waals surface area contributed by atoms with Crippen molar-refractivity contribution in [2.24, 2.45) is 5.92 Å². The molecule has 0 heterocycles. The third-order valence-electron chi connectivity index (χ3n) is 6.72. The van der Waals surface area contributed by atoms with Crippen LogP contribution in [-0.2, 0) is 17.1 Å². The second-order valence-corrected chi connectivity index (χ2v) is 9.26. The molecule has 0 fully saturated rings. The van der Waals surface area contributed by atoms with E-state index in [1.165, 1.54) is 7.05 Å². The molecule has 208 valence electrons. The van der Waals surface area contributed by atoms with Crippen LogP contribution in [0.3, 0.4) is 0 Å². The molecular formula is C29H27F6NO3. The number of carbonyl (C=O) groups excluding carboxylic acids is 1. The Morgan fingerprint density at radius 1 is 0.795 bits per heavy atom. The number of halogens is 6. The summed E-state index contributed by atoms with van der Waals surface area (Å²) in [6.45, 7) is 1.65. The fraction of sp³-hybridized carbons (Fsp3) is 0.310. The minimum Gasteiger partial charge on any atom is -0.481 e. The minimum absolute atomic E-state index is 0.0391. The average Bonchev–Trinajstić information content (AvgIpc) is 2.89. The first-order valence-corrected chi connectivity index (χ1v) is 12.1. The third-order valence-corrected chi connectivity index (χ3v) is 6.72. The lowest BCUT2D eigenvalue weighted by atomic mass is 9.79. The Bertz CT molecular complexity index is 1200. The van der Waals surface area contributed by atoms with Crippen molar-refractivity contribution in [3.63, 3.8) is 0 Å². The summed E-state index contributed by atoms with van der Waals surface area (Å²) in [5.41, 5.74) is -2.61. The van der Waals surface area contributed by atoms with Gasteiger partial charge in [-0.25, -0.2) is 0 Å². The Kier molecular flexibility index (Phi) is 9.09. The van der Waals surface area contributed by atoms with Crippen molar-refractivity contribution in [3.05, 3.63) is 107 Å². The fourth-order valence-corrected chi connectivity index (χ4v) is 4.64. The number of amides is 1. The molecule has 0 aromatic heterocycles. The van der Waals surface area contributed by atoms with Crippen molar-refractivity contribution in [2.75, 3.05) is 7.05 Å². The van der Waals surface area contributed by atoms with Crippen LogP contribution in [0.5, 0.6) is 0 Å². The summed E-state index contributed by atoms with van der Waals surface area (Å²) in [6.07, 6.45) is -10.1. The Morgan fingerprint density at radius 3 is 1.59 bits per heavy atom. The van der Waals surface area contributed by atoms with Crippen molar-refractivity contribution in [3.8, 4) is 0 Å². The molecule has 39 heavy (non-hydrogen) atoms. The number of hydrogen-bond donors (Lipinski definition) is 1. The predicted molar refractivity (Wildman–Crippen MR) is 133 cm³/mol. The molecule has 2 atom stereocenters. The molecule has 3 aromatic carbocycles. The number of rotatable bonds is 9. The molecular weight excluding hydrogens is 524 g/mol. The number of aliphatic carboxylic acids is 1. The molecule has 10 heteroatoms. The first kappa shape index (κ1) is 29.7. The lowest BCUT2D eigenvalue weighted by Crippen LogP contribution is -2.43. The van der Waals surface area contributed by atoms with Gasteiger partial charge in [-0.05, 0) is 42.2 Å². The number of carboxylic acids is 1. The highest BCUT2D eigenvalue weighted by Gasteiger charge is 2.39. The van der Waals surface area contributed by atoms with Crippen molar-refractivity contribution < 1.29 is 41.0 Å². The Balaban J connectivity index is 2.19. The van der Waals surface area contributed by atoms with Crippen LogP contribution in [0.4, 0.5) is 26.3 Å². The number of benzene rings is 3. The first-order chi connectivity index (χ1) is 18.2. The summed E-state index contributed by atoms with van der Waals surface area (Å²) in [6, 6.07) is 17.4. The molecule has 0 spiro atoms. The maximum absolute atomic E-state index is 13.6. The van der Waals surface area contributed by atoms with Crippen LogP contribution in [0, 0.1) is 5.92 Å². The summed E-state index contributed by atoms with van der Waals surface area (Å²) in [5.74, 6) is -3.76. The standard InChI is InChI=1S/C29H27F6NO3/c1-3-18(27(38)39)16-24(25(19-10-6-4-7-11-19)20-12-8-5-9-13-20)36(2)26(37)21-14-22(28(30,31)32)17-23(15-21)29(33,34)35/h4-15,17-18,24-25H,3,16H2,1-2H3,(H,38,39). The number of nitrogens with zero attached hydrogens (tertiary/aromatic N) is 1. The number of alkyl halides is 6. The Hall–Kier alpha value is -3.82. The van der Waals surface area contributed by atoms with Gasteiger partial charge in [0.05, 0.1) is 17.0 Å². The average molecular weight is 552 g/mol. The molecule has 0 aliphatic carbocycles. The van der Waals surface area contributed by atoms with Crippen LogP contribution in [0.1, 0.15) is 58.3 Å². The quantitative estimate of drug-likeness (QED) is 0.280. The van der Waals surface area contributed by atoms with Crippen LogP contribution in [-0.4, -0.2) is 35.0 Å². The SMILES string of the molecule is CCC(CC(C(c1ccccc1)c1ccccc1)N(C)C(=O)c1cc(C(F)(F)F)cc(C(F)(F)F)c1)C(=O)O. The maximum atomic E-state index is 13.6. The van der Waals surface area contributed by atoms with Crippen LogP contribution in [0.25, 0.3) is 0 Å². The lowest BCUT2D eigenvalue weighted by Gasteiger charge is -2.37. The van der Waals surface area contributed by atoms with E-state index in [1.54, 1.807) is 67.6 Å². The highest BCUT2D eigenvalue weighted by Crippen LogP contribution is 2.38. The summed E-state index contributed by atoms with van der Waals surface area (Å²) in [7, 11) is 1.27. The molecule has 0 radical (unpaired) electrons. The van der Waals surface area contributed by atoms with Gasteiger partial charge < -0.3 is 10.0 Å². The first-order valence-electron chi connectivity index (χ1n) is 12.1. The molecule has 3 aromatic rings. The van der Waals surface area contributed by atoms with Gasteiger partial charge in [-0.2, -0.15) is 26.3 Å². The summed E-state index contributed by atoms with van der Waals surface area (Å²) >= 11 is 0. The molecule has 0 saturated carbocycles. The van der Waals surface area contributed by atoms with E-state index in [1.807, 2.05) is 0 Å². The van der Waals surface area contributed by atoms with E-state index < -0.39 is 58.8 Å². The molecule has 4 nitrogen and oxygen atoms in total. The normalized spacial score (nSPS) is 13.7. The van der Waals surface area contributed by atoms with Crippen molar-refractivity contribution in [1.29, 1.82) is 0 Å². The van der Waals surface area contributed by atoms with Crippen molar-refractivity contribution in [2.45, 2.75) is 44.1 Å². The second-order valence-electron chi connectivity index (χ2n) is 9.26. The maximum Gasteiger partial charge on any atom is 0.416 e. The van der Waals surface area contributed by atoms with E-state index in [2.05, 4.69) is 0 Å². The molecule has 1 N–H and O–H groups in total. The molecule has 3 rings (SSSR count). The molecule has 1 amide bonds. The predicted octanol–water partition coefficient (Wildman–Crippen LogP) is 7.50. The van der Waals surface area contributed by atoms with Gasteiger partial charge >= 0.3 is 18.3 Å². The molecule has 0 aliphatic rings. The van der Waals surface area contributed by atoms with E-state index in [-0.39, 0.29) is 18.9 Å². The van der Waals surface area contributed by atoms with Gasteiger partial charge in [0.2, 0.25) is 0 Å². The van der Waals surface area contributed by atoms with E-state index in [0.717, 1.165) is 4.90 Å². The molecule has 0 saturated heterocycles. The lowest BCUT2D eigenvalue weighted by molar-refractivity contribution is -0.144. The van der Waals surface area contributed by atoms with Crippen LogP contribution >= 0.6 is 0 Å². The fourth-order valence-electron chi connectivity index (χ4n) is 4.64. The molecule has 0 bridgehead atoms. The smallest absolute Gasteiger partial charge is 0.416 e. The highest BCUT2D eigenvalue weighted by molar-refractivity contribution is 5.95. The zero-order valence-electron chi connectivity index (χ0n) is 21.1. The largest absolute Gasteiger partial charge is 0.481 e. The summed E-state index contributed by atoms with van der Waals surface area (Å²) < 4.78 is 80.9. The van der Waals surface area contributed by atoms with E-state index in [0.29, 0.717) is 23.3 Å². The van der Waals surface area contributed by atoms with Crippen molar-refractivity contribution >= 4 is 11.9 Å². The number of carboxylic acid groups (broad SMARTS) is 1. The molecule has 2 unspecified atom stereocenters. The van der Waals surface area contributed by atoms with Gasteiger partial charge in [0, 0.05) is 24.6 Å². The number of likely N-dealkylation sites (N-methyl/N-ethyl adjacent to an activating group) is 1. The summed E-state index contributed by atoms with van der Waals surface area (Å²) in [5, 5.41) is 9.78. The van der Waals surface area contributed by atoms with Gasteiger partial charge in [0.25, 0.3) is 5.91 Å². The second kappa shape index (κ2) is 11.9. The van der Waals surface area contributed by atoms with Crippen LogP contribution < -0.4 is 0 Å². The van der Waals surface area contributed by atoms with E-state index in [4.69, 9.17) is 0 Å². The summed E-state index contributed by atoms with van der Waals surface area (Å²) in [4.78, 5) is 26.6. The topological polar surface area (TPSA) is 57.6 Å². The van der Waals surface area contributed by atoms with Crippen LogP contribution in [0.15, 0.2) is 78.9 Å². The van der Waals surface area contributed by atoms with Gasteiger partial charge in [-0.3, -0.25) is 9.59 Å². The highest BCUT2D eigenvalue weighted by atomic mass is 19.4.